The second-order valence-electron chi connectivity index (χ2n) is 4.52. The van der Waals surface area contributed by atoms with Crippen LogP contribution in [-0.2, 0) is 22.6 Å². The summed E-state index contributed by atoms with van der Waals surface area (Å²) in [7, 11) is 1.73. The quantitative estimate of drug-likeness (QED) is 0.861. The molecule has 18 heavy (non-hydrogen) atoms. The van der Waals surface area contributed by atoms with Crippen molar-refractivity contribution >= 4 is 11.3 Å². The zero-order chi connectivity index (χ0) is 12.8. The maximum Gasteiger partial charge on any atom is 0.0965 e. The molecule has 1 aromatic heterocycles. The average Bonchev–Trinajstić information content (AvgIpc) is 2.81. The lowest BCUT2D eigenvalue weighted by molar-refractivity contribution is 0.0851. The maximum atomic E-state index is 5.41. The van der Waals surface area contributed by atoms with Gasteiger partial charge in [-0.25, -0.2) is 4.98 Å². The highest BCUT2D eigenvalue weighted by Gasteiger charge is 2.21. The van der Waals surface area contributed by atoms with Crippen molar-refractivity contribution < 1.29 is 9.47 Å². The summed E-state index contributed by atoms with van der Waals surface area (Å²) in [6.07, 6.45) is 2.20. The van der Waals surface area contributed by atoms with Gasteiger partial charge in [0, 0.05) is 37.7 Å². The molecule has 0 saturated carbocycles. The molecule has 0 spiro atoms. The van der Waals surface area contributed by atoms with E-state index in [1.165, 1.54) is 9.88 Å². The average molecular weight is 270 g/mol. The number of rotatable bonds is 6. The molecule has 0 unspecified atom stereocenters. The van der Waals surface area contributed by atoms with Crippen LogP contribution in [0.5, 0.6) is 0 Å². The number of hydrogen-bond acceptors (Lipinski definition) is 5. The Labute approximate surface area is 113 Å². The summed E-state index contributed by atoms with van der Waals surface area (Å²) in [4.78, 5) is 6.09. The molecular formula is C13H22N2O2S. The normalized spacial score (nSPS) is 17.2. The predicted molar refractivity (Wildman–Crippen MR) is 73.0 cm³/mol. The van der Waals surface area contributed by atoms with Gasteiger partial charge in [-0.05, 0) is 19.4 Å². The number of nitrogens with one attached hydrogen (secondary N) is 1. The van der Waals surface area contributed by atoms with E-state index in [-0.39, 0.29) is 0 Å². The monoisotopic (exact) mass is 270 g/mol. The number of hydrogen-bond donors (Lipinski definition) is 1. The fourth-order valence-corrected chi connectivity index (χ4v) is 3.36. The fraction of sp³-hybridized carbons (Fsp3) is 0.769. The van der Waals surface area contributed by atoms with Gasteiger partial charge >= 0.3 is 0 Å². The van der Waals surface area contributed by atoms with Crippen LogP contribution in [0, 0.1) is 0 Å². The summed E-state index contributed by atoms with van der Waals surface area (Å²) in [5.41, 5.74) is 1.10. The molecule has 1 N–H and O–H groups in total. The minimum atomic E-state index is 0.578. The number of thiazole rings is 1. The van der Waals surface area contributed by atoms with Gasteiger partial charge < -0.3 is 14.8 Å². The van der Waals surface area contributed by atoms with E-state index in [1.54, 1.807) is 7.11 Å². The number of aromatic nitrogens is 1. The third kappa shape index (κ3) is 3.51. The van der Waals surface area contributed by atoms with Crippen LogP contribution < -0.4 is 5.32 Å². The highest BCUT2D eigenvalue weighted by atomic mass is 32.1. The Balaban J connectivity index is 2.09. The van der Waals surface area contributed by atoms with Gasteiger partial charge in [-0.2, -0.15) is 0 Å². The lowest BCUT2D eigenvalue weighted by Gasteiger charge is -2.19. The summed E-state index contributed by atoms with van der Waals surface area (Å²) in [6.45, 7) is 6.35. The first kappa shape index (κ1) is 13.9. The number of nitrogens with zero attached hydrogens (tertiary/aromatic N) is 1. The first-order valence-electron chi connectivity index (χ1n) is 6.61. The van der Waals surface area contributed by atoms with Crippen molar-refractivity contribution in [3.8, 4) is 0 Å². The molecule has 0 radical (unpaired) electrons. The van der Waals surface area contributed by atoms with Crippen molar-refractivity contribution in [2.75, 3.05) is 26.9 Å². The van der Waals surface area contributed by atoms with Gasteiger partial charge in [-0.1, -0.05) is 6.92 Å². The first-order chi connectivity index (χ1) is 8.85. The summed E-state index contributed by atoms with van der Waals surface area (Å²) >= 11 is 1.84. The van der Waals surface area contributed by atoms with Gasteiger partial charge in [0.05, 0.1) is 17.3 Å². The van der Waals surface area contributed by atoms with Gasteiger partial charge in [0.2, 0.25) is 0 Å². The highest BCUT2D eigenvalue weighted by Crippen LogP contribution is 2.32. The van der Waals surface area contributed by atoms with E-state index in [0.717, 1.165) is 44.8 Å². The van der Waals surface area contributed by atoms with Crippen LogP contribution in [0.15, 0.2) is 0 Å². The van der Waals surface area contributed by atoms with Gasteiger partial charge in [0.15, 0.2) is 0 Å². The molecule has 0 amide bonds. The Bertz CT molecular complexity index is 362. The van der Waals surface area contributed by atoms with Gasteiger partial charge in [0.1, 0.15) is 0 Å². The van der Waals surface area contributed by atoms with Crippen molar-refractivity contribution in [3.05, 3.63) is 15.6 Å². The van der Waals surface area contributed by atoms with Crippen LogP contribution in [0.1, 0.15) is 41.3 Å². The van der Waals surface area contributed by atoms with E-state index in [4.69, 9.17) is 14.5 Å². The Kier molecular flexibility index (Phi) is 5.56. The molecular weight excluding hydrogens is 248 g/mol. The lowest BCUT2D eigenvalue weighted by Crippen LogP contribution is -2.13. The fourth-order valence-electron chi connectivity index (χ4n) is 2.15. The van der Waals surface area contributed by atoms with Gasteiger partial charge in [0.25, 0.3) is 0 Å². The number of ether oxygens (including phenoxy) is 2. The molecule has 102 valence electrons. The third-order valence-corrected chi connectivity index (χ3v) is 4.44. The summed E-state index contributed by atoms with van der Waals surface area (Å²) in [6, 6.07) is 0. The third-order valence-electron chi connectivity index (χ3n) is 3.18. The molecule has 1 fully saturated rings. The van der Waals surface area contributed by atoms with E-state index < -0.39 is 0 Å². The second-order valence-corrected chi connectivity index (χ2v) is 5.64. The highest BCUT2D eigenvalue weighted by molar-refractivity contribution is 7.11. The molecule has 0 bridgehead atoms. The zero-order valence-electron chi connectivity index (χ0n) is 11.2. The van der Waals surface area contributed by atoms with Crippen LogP contribution in [0.4, 0.5) is 0 Å². The van der Waals surface area contributed by atoms with Crippen molar-refractivity contribution in [1.82, 2.24) is 10.3 Å². The molecule has 0 aromatic carbocycles. The zero-order valence-corrected chi connectivity index (χ0v) is 12.0. The topological polar surface area (TPSA) is 43.4 Å². The standard InChI is InChI=1S/C13H22N2O2S/c1-3-14-8-12-11(9-16-2)15-13(18-12)10-4-6-17-7-5-10/h10,14H,3-9H2,1-2H3. The Morgan fingerprint density at radius 1 is 1.44 bits per heavy atom. The maximum absolute atomic E-state index is 5.41. The van der Waals surface area contributed by atoms with Crippen molar-refractivity contribution in [3.63, 3.8) is 0 Å². The predicted octanol–water partition coefficient (Wildman–Crippen LogP) is 2.29. The minimum absolute atomic E-state index is 0.578. The largest absolute Gasteiger partial charge is 0.381 e. The van der Waals surface area contributed by atoms with Gasteiger partial charge in [-0.15, -0.1) is 11.3 Å². The Morgan fingerprint density at radius 3 is 2.89 bits per heavy atom. The summed E-state index contributed by atoms with van der Waals surface area (Å²) in [5.74, 6) is 0.578. The minimum Gasteiger partial charge on any atom is -0.381 e. The molecule has 2 rings (SSSR count). The van der Waals surface area contributed by atoms with E-state index in [2.05, 4.69) is 12.2 Å². The molecule has 0 aliphatic carbocycles. The lowest BCUT2D eigenvalue weighted by atomic mass is 10.0. The smallest absolute Gasteiger partial charge is 0.0965 e. The molecule has 1 aromatic rings. The van der Waals surface area contributed by atoms with Crippen LogP contribution in [-0.4, -0.2) is 31.9 Å². The molecule has 1 aliphatic heterocycles. The summed E-state index contributed by atoms with van der Waals surface area (Å²) < 4.78 is 10.7. The van der Waals surface area contributed by atoms with Crippen molar-refractivity contribution in [2.45, 2.75) is 38.8 Å². The van der Waals surface area contributed by atoms with Gasteiger partial charge in [-0.3, -0.25) is 0 Å². The Morgan fingerprint density at radius 2 is 2.22 bits per heavy atom. The van der Waals surface area contributed by atoms with E-state index >= 15 is 0 Å². The van der Waals surface area contributed by atoms with Crippen molar-refractivity contribution in [2.24, 2.45) is 0 Å². The van der Waals surface area contributed by atoms with Crippen LogP contribution in [0.25, 0.3) is 0 Å². The van der Waals surface area contributed by atoms with E-state index in [0.29, 0.717) is 12.5 Å². The molecule has 1 saturated heterocycles. The van der Waals surface area contributed by atoms with Crippen LogP contribution in [0.3, 0.4) is 0 Å². The summed E-state index contributed by atoms with van der Waals surface area (Å²) in [5, 5.41) is 4.63. The molecule has 5 heteroatoms. The molecule has 2 heterocycles. The molecule has 0 atom stereocenters. The molecule has 4 nitrogen and oxygen atoms in total. The SMILES string of the molecule is CCNCc1sc(C2CCOCC2)nc1COC. The van der Waals surface area contributed by atoms with E-state index in [9.17, 15) is 0 Å². The molecule has 1 aliphatic rings. The van der Waals surface area contributed by atoms with E-state index in [1.807, 2.05) is 11.3 Å². The van der Waals surface area contributed by atoms with Crippen LogP contribution in [0.2, 0.25) is 0 Å². The van der Waals surface area contributed by atoms with Crippen LogP contribution >= 0.6 is 11.3 Å². The van der Waals surface area contributed by atoms with Crippen molar-refractivity contribution in [1.29, 1.82) is 0 Å². The second kappa shape index (κ2) is 7.19. The Hall–Kier alpha value is -0.490. The first-order valence-corrected chi connectivity index (χ1v) is 7.42. The number of methoxy groups -OCH3 is 1.